The van der Waals surface area contributed by atoms with Crippen molar-refractivity contribution in [1.82, 2.24) is 10.0 Å². The van der Waals surface area contributed by atoms with Gasteiger partial charge in [0.25, 0.3) is 0 Å². The minimum atomic E-state index is -0.0729. The molecule has 0 spiro atoms. The Labute approximate surface area is 155 Å². The van der Waals surface area contributed by atoms with E-state index in [2.05, 4.69) is 58.5 Å². The van der Waals surface area contributed by atoms with Gasteiger partial charge < -0.3 is 0 Å². The van der Waals surface area contributed by atoms with Crippen molar-refractivity contribution in [1.29, 1.82) is 0 Å². The van der Waals surface area contributed by atoms with Gasteiger partial charge in [0.15, 0.2) is 0 Å². The van der Waals surface area contributed by atoms with Gasteiger partial charge in [0.1, 0.15) is 0 Å². The molecule has 2 aliphatic heterocycles. The fourth-order valence-corrected chi connectivity index (χ4v) is 4.53. The van der Waals surface area contributed by atoms with E-state index in [0.29, 0.717) is 0 Å². The minimum Gasteiger partial charge on any atom is -0.241 e. The van der Waals surface area contributed by atoms with Gasteiger partial charge in [0.2, 0.25) is 0 Å². The summed E-state index contributed by atoms with van der Waals surface area (Å²) in [6, 6.07) is 19.4. The molecule has 2 saturated heterocycles. The predicted octanol–water partition coefficient (Wildman–Crippen LogP) is 5.11. The van der Waals surface area contributed by atoms with Crippen LogP contribution in [0.2, 0.25) is 5.02 Å². The first-order valence-electron chi connectivity index (χ1n) is 8.65. The molecule has 0 bridgehead atoms. The summed E-state index contributed by atoms with van der Waals surface area (Å²) in [6.45, 7) is 3.48. The van der Waals surface area contributed by atoms with Crippen LogP contribution in [0.3, 0.4) is 0 Å². The van der Waals surface area contributed by atoms with Crippen LogP contribution in [0.1, 0.15) is 36.8 Å². The summed E-state index contributed by atoms with van der Waals surface area (Å²) in [7, 11) is 0. The van der Waals surface area contributed by atoms with E-state index >= 15 is 0 Å². The van der Waals surface area contributed by atoms with E-state index in [9.17, 15) is 0 Å². The predicted molar refractivity (Wildman–Crippen MR) is 103 cm³/mol. The summed E-state index contributed by atoms with van der Waals surface area (Å²) in [5.74, 6) is 0. The highest BCUT2D eigenvalue weighted by Crippen LogP contribution is 2.46. The van der Waals surface area contributed by atoms with E-state index in [1.54, 1.807) is 0 Å². The molecule has 0 saturated carbocycles. The lowest BCUT2D eigenvalue weighted by Gasteiger charge is -2.44. The van der Waals surface area contributed by atoms with Gasteiger partial charge in [-0.1, -0.05) is 54.1 Å². The molecule has 2 aliphatic rings. The molecule has 4 heteroatoms. The third-order valence-corrected chi connectivity index (χ3v) is 5.56. The first-order chi connectivity index (χ1) is 11.3. The zero-order chi connectivity index (χ0) is 15.7. The molecule has 0 N–H and O–H groups in total. The molecular weight excluding hydrogens is 339 g/mol. The lowest BCUT2D eigenvalue weighted by atomic mass is 9.81. The fraction of sp³-hybridized carbons (Fsp3) is 0.400. The Balaban J connectivity index is 0.00000169. The largest absolute Gasteiger partial charge is 0.241 e. The molecule has 0 amide bonds. The van der Waals surface area contributed by atoms with Gasteiger partial charge in [-0.15, -0.1) is 12.4 Å². The van der Waals surface area contributed by atoms with Crippen LogP contribution in [-0.4, -0.2) is 29.7 Å². The van der Waals surface area contributed by atoms with Crippen molar-refractivity contribution in [2.75, 3.05) is 19.6 Å². The SMILES string of the molecule is Cl.Clc1cccc([C@@]2(c3ccccc3)CCCN2N2CCCC2)c1. The van der Waals surface area contributed by atoms with Crippen molar-refractivity contribution in [3.8, 4) is 0 Å². The molecule has 0 radical (unpaired) electrons. The second-order valence-electron chi connectivity index (χ2n) is 6.62. The van der Waals surface area contributed by atoms with Crippen molar-refractivity contribution in [3.05, 3.63) is 70.7 Å². The minimum absolute atomic E-state index is 0. The fourth-order valence-electron chi connectivity index (χ4n) is 4.34. The molecule has 2 fully saturated rings. The molecule has 2 nitrogen and oxygen atoms in total. The van der Waals surface area contributed by atoms with E-state index in [0.717, 1.165) is 18.0 Å². The van der Waals surface area contributed by atoms with Crippen LogP contribution >= 0.6 is 24.0 Å². The molecule has 2 heterocycles. The zero-order valence-electron chi connectivity index (χ0n) is 13.8. The number of halogens is 2. The van der Waals surface area contributed by atoms with Crippen molar-refractivity contribution in [2.24, 2.45) is 0 Å². The average molecular weight is 363 g/mol. The standard InChI is InChI=1S/C20H23ClN2.ClH/c21-19-11-6-10-18(16-19)20(17-8-2-1-3-9-17)12-7-15-23(20)22-13-4-5-14-22;/h1-3,6,8-11,16H,4-5,7,12-15H2;1H/t20-;/m0./s1. The van der Waals surface area contributed by atoms with Gasteiger partial charge in [-0.25, -0.2) is 10.0 Å². The van der Waals surface area contributed by atoms with Gasteiger partial charge >= 0.3 is 0 Å². The Morgan fingerprint density at radius 1 is 0.792 bits per heavy atom. The number of rotatable bonds is 3. The highest BCUT2D eigenvalue weighted by molar-refractivity contribution is 6.30. The van der Waals surface area contributed by atoms with Crippen LogP contribution in [0.25, 0.3) is 0 Å². The van der Waals surface area contributed by atoms with E-state index in [-0.39, 0.29) is 17.9 Å². The van der Waals surface area contributed by atoms with Crippen molar-refractivity contribution >= 4 is 24.0 Å². The summed E-state index contributed by atoms with van der Waals surface area (Å²) in [5.41, 5.74) is 2.63. The zero-order valence-corrected chi connectivity index (χ0v) is 15.4. The third-order valence-electron chi connectivity index (χ3n) is 5.33. The molecule has 2 aromatic rings. The Bertz CT molecular complexity index is 670. The number of hydrogen-bond acceptors (Lipinski definition) is 2. The topological polar surface area (TPSA) is 6.48 Å². The summed E-state index contributed by atoms with van der Waals surface area (Å²) >= 11 is 6.35. The second-order valence-corrected chi connectivity index (χ2v) is 7.06. The molecule has 4 rings (SSSR count). The van der Waals surface area contributed by atoms with E-state index < -0.39 is 0 Å². The average Bonchev–Trinajstić information content (AvgIpc) is 3.25. The van der Waals surface area contributed by atoms with Crippen molar-refractivity contribution in [2.45, 2.75) is 31.2 Å². The maximum Gasteiger partial charge on any atom is 0.0855 e. The highest BCUT2D eigenvalue weighted by Gasteiger charge is 2.46. The maximum atomic E-state index is 6.35. The molecule has 0 aromatic heterocycles. The Morgan fingerprint density at radius 2 is 1.50 bits per heavy atom. The van der Waals surface area contributed by atoms with E-state index in [4.69, 9.17) is 11.6 Å². The Kier molecular flexibility index (Phi) is 5.51. The molecule has 128 valence electrons. The lowest BCUT2D eigenvalue weighted by molar-refractivity contribution is -0.0537. The Morgan fingerprint density at radius 3 is 2.21 bits per heavy atom. The number of benzene rings is 2. The van der Waals surface area contributed by atoms with Crippen LogP contribution in [-0.2, 0) is 5.54 Å². The first-order valence-corrected chi connectivity index (χ1v) is 9.02. The van der Waals surface area contributed by atoms with Crippen LogP contribution in [0.5, 0.6) is 0 Å². The second kappa shape index (κ2) is 7.45. The number of hydrogen-bond donors (Lipinski definition) is 0. The Hall–Kier alpha value is -1.06. The quantitative estimate of drug-likeness (QED) is 0.748. The summed E-state index contributed by atoms with van der Waals surface area (Å²) in [4.78, 5) is 0. The van der Waals surface area contributed by atoms with E-state index in [1.807, 2.05) is 6.07 Å². The van der Waals surface area contributed by atoms with Crippen molar-refractivity contribution in [3.63, 3.8) is 0 Å². The number of nitrogens with zero attached hydrogens (tertiary/aromatic N) is 2. The molecule has 2 aromatic carbocycles. The molecular formula is C20H24Cl2N2. The molecule has 1 atom stereocenters. The lowest BCUT2D eigenvalue weighted by Crippen LogP contribution is -2.51. The van der Waals surface area contributed by atoms with Gasteiger partial charge in [-0.05, 0) is 48.9 Å². The van der Waals surface area contributed by atoms with Gasteiger partial charge in [-0.2, -0.15) is 0 Å². The summed E-state index contributed by atoms with van der Waals surface area (Å²) in [5, 5.41) is 6.02. The number of hydrazine groups is 1. The van der Waals surface area contributed by atoms with Crippen LogP contribution < -0.4 is 0 Å². The summed E-state index contributed by atoms with van der Waals surface area (Å²) in [6.07, 6.45) is 4.97. The first kappa shape index (κ1) is 17.8. The van der Waals surface area contributed by atoms with Crippen LogP contribution in [0.4, 0.5) is 0 Å². The van der Waals surface area contributed by atoms with Gasteiger partial charge in [-0.3, -0.25) is 0 Å². The van der Waals surface area contributed by atoms with Crippen LogP contribution in [0, 0.1) is 0 Å². The van der Waals surface area contributed by atoms with Crippen molar-refractivity contribution < 1.29 is 0 Å². The van der Waals surface area contributed by atoms with Crippen LogP contribution in [0.15, 0.2) is 54.6 Å². The van der Waals surface area contributed by atoms with Gasteiger partial charge in [0, 0.05) is 24.7 Å². The van der Waals surface area contributed by atoms with E-state index in [1.165, 1.54) is 43.5 Å². The molecule has 0 aliphatic carbocycles. The third kappa shape index (κ3) is 2.97. The molecule has 0 unspecified atom stereocenters. The summed E-state index contributed by atoms with van der Waals surface area (Å²) < 4.78 is 0. The maximum absolute atomic E-state index is 6.35. The highest BCUT2D eigenvalue weighted by atomic mass is 35.5. The smallest absolute Gasteiger partial charge is 0.0855 e. The van der Waals surface area contributed by atoms with Gasteiger partial charge in [0.05, 0.1) is 5.54 Å². The molecule has 24 heavy (non-hydrogen) atoms. The monoisotopic (exact) mass is 362 g/mol. The normalized spacial score (nSPS) is 24.9.